The van der Waals surface area contributed by atoms with E-state index in [1.54, 1.807) is 4.90 Å². The van der Waals surface area contributed by atoms with Gasteiger partial charge >= 0.3 is 0 Å². The molecule has 0 saturated carbocycles. The Morgan fingerprint density at radius 1 is 1.00 bits per heavy atom. The van der Waals surface area contributed by atoms with Crippen molar-refractivity contribution in [2.24, 2.45) is 5.73 Å². The zero-order valence-corrected chi connectivity index (χ0v) is 12.0. The predicted molar refractivity (Wildman–Crippen MR) is 81.3 cm³/mol. The first-order valence-electron chi connectivity index (χ1n) is 6.70. The Morgan fingerprint density at radius 3 is 2.10 bits per heavy atom. The third kappa shape index (κ3) is 3.45. The molecule has 3 nitrogen and oxygen atoms in total. The van der Waals surface area contributed by atoms with Crippen molar-refractivity contribution in [2.75, 3.05) is 7.05 Å². The second kappa shape index (κ2) is 6.35. The molecule has 1 amide bonds. The Balaban J connectivity index is 2.04. The van der Waals surface area contributed by atoms with Crippen LogP contribution in [0.15, 0.2) is 48.5 Å². The maximum atomic E-state index is 12.3. The van der Waals surface area contributed by atoms with Crippen LogP contribution in [0, 0.1) is 6.92 Å². The van der Waals surface area contributed by atoms with Crippen LogP contribution in [0.1, 0.15) is 27.0 Å². The van der Waals surface area contributed by atoms with E-state index in [2.05, 4.69) is 0 Å². The molecule has 0 unspecified atom stereocenters. The average Bonchev–Trinajstić information content (AvgIpc) is 2.48. The number of amides is 1. The lowest BCUT2D eigenvalue weighted by Crippen LogP contribution is -2.26. The van der Waals surface area contributed by atoms with Crippen LogP contribution in [0.4, 0.5) is 0 Å². The lowest BCUT2D eigenvalue weighted by Gasteiger charge is -2.17. The van der Waals surface area contributed by atoms with E-state index in [0.717, 1.165) is 22.3 Å². The van der Waals surface area contributed by atoms with Crippen molar-refractivity contribution >= 4 is 5.91 Å². The highest BCUT2D eigenvalue weighted by Gasteiger charge is 2.11. The SMILES string of the molecule is Cc1ccc(C(=O)N(C)Cc2ccc(CN)cc2)cc1. The van der Waals surface area contributed by atoms with Crippen LogP contribution in [-0.4, -0.2) is 17.9 Å². The van der Waals surface area contributed by atoms with Gasteiger partial charge in [-0.1, -0.05) is 42.0 Å². The van der Waals surface area contributed by atoms with E-state index in [1.165, 1.54) is 0 Å². The number of carbonyl (C=O) groups excluding carboxylic acids is 1. The van der Waals surface area contributed by atoms with Crippen molar-refractivity contribution in [1.29, 1.82) is 0 Å². The summed E-state index contributed by atoms with van der Waals surface area (Å²) in [5, 5.41) is 0. The third-order valence-corrected chi connectivity index (χ3v) is 3.32. The molecule has 0 radical (unpaired) electrons. The fraction of sp³-hybridized carbons (Fsp3) is 0.235. The van der Waals surface area contributed by atoms with Crippen LogP contribution >= 0.6 is 0 Å². The minimum Gasteiger partial charge on any atom is -0.337 e. The second-order valence-electron chi connectivity index (χ2n) is 5.05. The van der Waals surface area contributed by atoms with Crippen molar-refractivity contribution in [3.8, 4) is 0 Å². The third-order valence-electron chi connectivity index (χ3n) is 3.32. The first-order chi connectivity index (χ1) is 9.60. The molecule has 2 N–H and O–H groups in total. The monoisotopic (exact) mass is 268 g/mol. The summed E-state index contributed by atoms with van der Waals surface area (Å²) in [6, 6.07) is 15.7. The fourth-order valence-corrected chi connectivity index (χ4v) is 2.04. The van der Waals surface area contributed by atoms with E-state index < -0.39 is 0 Å². The highest BCUT2D eigenvalue weighted by atomic mass is 16.2. The summed E-state index contributed by atoms with van der Waals surface area (Å²) < 4.78 is 0. The minimum absolute atomic E-state index is 0.0351. The highest BCUT2D eigenvalue weighted by molar-refractivity contribution is 5.94. The van der Waals surface area contributed by atoms with Crippen molar-refractivity contribution in [3.05, 3.63) is 70.8 Å². The molecule has 0 aliphatic heterocycles. The molecule has 20 heavy (non-hydrogen) atoms. The average molecular weight is 268 g/mol. The standard InChI is InChI=1S/C17H20N2O/c1-13-3-9-16(10-4-13)17(20)19(2)12-15-7-5-14(11-18)6-8-15/h3-10H,11-12,18H2,1-2H3. The molecule has 0 bridgehead atoms. The van der Waals surface area contributed by atoms with E-state index in [0.29, 0.717) is 13.1 Å². The van der Waals surface area contributed by atoms with E-state index in [1.807, 2.05) is 62.5 Å². The van der Waals surface area contributed by atoms with Gasteiger partial charge in [-0.2, -0.15) is 0 Å². The zero-order valence-electron chi connectivity index (χ0n) is 12.0. The van der Waals surface area contributed by atoms with Crippen LogP contribution in [0.2, 0.25) is 0 Å². The quantitative estimate of drug-likeness (QED) is 0.926. The molecular formula is C17H20N2O. The van der Waals surface area contributed by atoms with Gasteiger partial charge in [0.1, 0.15) is 0 Å². The number of hydrogen-bond donors (Lipinski definition) is 1. The molecule has 0 aliphatic rings. The second-order valence-corrected chi connectivity index (χ2v) is 5.05. The molecule has 0 aromatic heterocycles. The van der Waals surface area contributed by atoms with Crippen molar-refractivity contribution < 1.29 is 4.79 Å². The molecule has 0 fully saturated rings. The van der Waals surface area contributed by atoms with Gasteiger partial charge in [0.05, 0.1) is 0 Å². The highest BCUT2D eigenvalue weighted by Crippen LogP contribution is 2.10. The van der Waals surface area contributed by atoms with E-state index >= 15 is 0 Å². The smallest absolute Gasteiger partial charge is 0.253 e. The number of rotatable bonds is 4. The first kappa shape index (κ1) is 14.3. The molecule has 104 valence electrons. The van der Waals surface area contributed by atoms with Crippen LogP contribution in [0.25, 0.3) is 0 Å². The van der Waals surface area contributed by atoms with Crippen LogP contribution < -0.4 is 5.73 Å². The van der Waals surface area contributed by atoms with E-state index in [-0.39, 0.29) is 5.91 Å². The molecule has 2 aromatic rings. The Morgan fingerprint density at radius 2 is 1.55 bits per heavy atom. The van der Waals surface area contributed by atoms with Gasteiger partial charge in [0.2, 0.25) is 0 Å². The largest absolute Gasteiger partial charge is 0.337 e. The van der Waals surface area contributed by atoms with E-state index in [9.17, 15) is 4.79 Å². The normalized spacial score (nSPS) is 10.3. The molecule has 0 heterocycles. The van der Waals surface area contributed by atoms with E-state index in [4.69, 9.17) is 5.73 Å². The first-order valence-corrected chi connectivity index (χ1v) is 6.70. The van der Waals surface area contributed by atoms with Crippen LogP contribution in [0.3, 0.4) is 0 Å². The molecule has 0 aliphatic carbocycles. The molecule has 3 heteroatoms. The van der Waals surface area contributed by atoms with Crippen molar-refractivity contribution in [3.63, 3.8) is 0 Å². The summed E-state index contributed by atoms with van der Waals surface area (Å²) in [4.78, 5) is 14.0. The Bertz CT molecular complexity index is 573. The van der Waals surface area contributed by atoms with Gasteiger partial charge in [0, 0.05) is 25.7 Å². The topological polar surface area (TPSA) is 46.3 Å². The maximum Gasteiger partial charge on any atom is 0.253 e. The summed E-state index contributed by atoms with van der Waals surface area (Å²) in [7, 11) is 1.82. The number of aryl methyl sites for hydroxylation is 1. The summed E-state index contributed by atoms with van der Waals surface area (Å²) in [6.07, 6.45) is 0. The lowest BCUT2D eigenvalue weighted by molar-refractivity contribution is 0.0785. The number of carbonyl (C=O) groups is 1. The van der Waals surface area contributed by atoms with Crippen LogP contribution in [-0.2, 0) is 13.1 Å². The molecule has 0 spiro atoms. The van der Waals surface area contributed by atoms with Crippen LogP contribution in [0.5, 0.6) is 0 Å². The zero-order chi connectivity index (χ0) is 14.5. The van der Waals surface area contributed by atoms with Gasteiger partial charge in [-0.25, -0.2) is 0 Å². The molecule has 2 aromatic carbocycles. The maximum absolute atomic E-state index is 12.3. The predicted octanol–water partition coefficient (Wildman–Crippen LogP) is 2.73. The van der Waals surface area contributed by atoms with Crippen molar-refractivity contribution in [2.45, 2.75) is 20.0 Å². The fourth-order valence-electron chi connectivity index (χ4n) is 2.04. The Hall–Kier alpha value is -2.13. The van der Waals surface area contributed by atoms with Gasteiger partial charge in [0.25, 0.3) is 5.91 Å². The van der Waals surface area contributed by atoms with Crippen molar-refractivity contribution in [1.82, 2.24) is 4.90 Å². The van der Waals surface area contributed by atoms with Gasteiger partial charge in [-0.3, -0.25) is 4.79 Å². The molecule has 0 atom stereocenters. The summed E-state index contributed by atoms with van der Waals surface area (Å²) >= 11 is 0. The summed E-state index contributed by atoms with van der Waals surface area (Å²) in [5.74, 6) is 0.0351. The molecular weight excluding hydrogens is 248 g/mol. The number of nitrogens with zero attached hydrogens (tertiary/aromatic N) is 1. The minimum atomic E-state index is 0.0351. The molecule has 2 rings (SSSR count). The van der Waals surface area contributed by atoms with Gasteiger partial charge in [-0.05, 0) is 30.2 Å². The summed E-state index contributed by atoms with van der Waals surface area (Å²) in [6.45, 7) is 3.15. The Kier molecular flexibility index (Phi) is 4.53. The van der Waals surface area contributed by atoms with Gasteiger partial charge in [-0.15, -0.1) is 0 Å². The van der Waals surface area contributed by atoms with Gasteiger partial charge in [0.15, 0.2) is 0 Å². The summed E-state index contributed by atoms with van der Waals surface area (Å²) in [5.41, 5.74) is 9.65. The number of benzene rings is 2. The Labute approximate surface area is 120 Å². The number of nitrogens with two attached hydrogens (primary N) is 1. The lowest BCUT2D eigenvalue weighted by atomic mass is 10.1. The number of hydrogen-bond acceptors (Lipinski definition) is 2. The molecule has 0 saturated heterocycles. The van der Waals surface area contributed by atoms with Gasteiger partial charge < -0.3 is 10.6 Å².